The van der Waals surface area contributed by atoms with Crippen LogP contribution in [-0.4, -0.2) is 24.7 Å². The van der Waals surface area contributed by atoms with Crippen LogP contribution in [0.2, 0.25) is 0 Å². The Kier molecular flexibility index (Phi) is 4.19. The van der Waals surface area contributed by atoms with Crippen molar-refractivity contribution in [1.29, 1.82) is 0 Å². The minimum atomic E-state index is -0.164. The minimum Gasteiger partial charge on any atom is -0.305 e. The number of nitrogens with one attached hydrogen (secondary N) is 1. The fourth-order valence-electron chi connectivity index (χ4n) is 4.71. The van der Waals surface area contributed by atoms with Crippen molar-refractivity contribution >= 4 is 22.1 Å². The third kappa shape index (κ3) is 3.01. The van der Waals surface area contributed by atoms with Gasteiger partial charge in [-0.05, 0) is 62.6 Å². The first-order chi connectivity index (χ1) is 14.0. The lowest BCUT2D eigenvalue weighted by atomic mass is 9.75. The lowest BCUT2D eigenvalue weighted by Gasteiger charge is -2.29. The Bertz CT molecular complexity index is 1280. The zero-order valence-corrected chi connectivity index (χ0v) is 16.4. The zero-order chi connectivity index (χ0) is 20.1. The van der Waals surface area contributed by atoms with Gasteiger partial charge in [-0.1, -0.05) is 0 Å². The summed E-state index contributed by atoms with van der Waals surface area (Å²) >= 11 is 0. The molecule has 1 aliphatic rings. The minimum absolute atomic E-state index is 0.0959. The number of hydrogen-bond acceptors (Lipinski definition) is 4. The first kappa shape index (κ1) is 18.0. The Morgan fingerprint density at radius 2 is 1.90 bits per heavy atom. The number of rotatable bonds is 2. The lowest BCUT2D eigenvalue weighted by Crippen LogP contribution is -2.21. The van der Waals surface area contributed by atoms with Crippen LogP contribution in [0.15, 0.2) is 35.4 Å². The van der Waals surface area contributed by atoms with Crippen LogP contribution in [0.4, 0.5) is 4.39 Å². The quantitative estimate of drug-likeness (QED) is 0.558. The number of aromatic nitrogens is 5. The number of fused-ring (bicyclic) bond motifs is 2. The van der Waals surface area contributed by atoms with Crippen molar-refractivity contribution in [2.24, 2.45) is 7.05 Å². The van der Waals surface area contributed by atoms with E-state index in [0.717, 1.165) is 53.4 Å². The van der Waals surface area contributed by atoms with Gasteiger partial charge in [0.2, 0.25) is 0 Å². The molecule has 1 N–H and O–H groups in total. The maximum absolute atomic E-state index is 14.7. The summed E-state index contributed by atoms with van der Waals surface area (Å²) in [5.41, 5.74) is 4.38. The van der Waals surface area contributed by atoms with Crippen molar-refractivity contribution in [2.75, 3.05) is 0 Å². The molecule has 148 valence electrons. The maximum atomic E-state index is 14.7. The predicted molar refractivity (Wildman–Crippen MR) is 110 cm³/mol. The van der Waals surface area contributed by atoms with Crippen LogP contribution >= 0.6 is 0 Å². The van der Waals surface area contributed by atoms with Crippen LogP contribution in [0.3, 0.4) is 0 Å². The molecule has 1 aliphatic carbocycles. The van der Waals surface area contributed by atoms with Gasteiger partial charge in [0.25, 0.3) is 5.56 Å². The second-order valence-electron chi connectivity index (χ2n) is 8.01. The first-order valence-corrected chi connectivity index (χ1v) is 9.98. The van der Waals surface area contributed by atoms with Crippen LogP contribution in [0.25, 0.3) is 22.1 Å². The summed E-state index contributed by atoms with van der Waals surface area (Å²) in [5, 5.41) is 5.19. The van der Waals surface area contributed by atoms with Gasteiger partial charge in [-0.15, -0.1) is 0 Å². The molecule has 1 saturated carbocycles. The van der Waals surface area contributed by atoms with E-state index < -0.39 is 0 Å². The second-order valence-corrected chi connectivity index (χ2v) is 8.01. The van der Waals surface area contributed by atoms with E-state index in [9.17, 15) is 9.18 Å². The number of benzene rings is 1. The second kappa shape index (κ2) is 6.76. The molecule has 0 spiro atoms. The topological polar surface area (TPSA) is 76.5 Å². The number of hydrogen-bond donors (Lipinski definition) is 1. The smallest absolute Gasteiger partial charge is 0.253 e. The van der Waals surface area contributed by atoms with Crippen LogP contribution in [0.1, 0.15) is 54.3 Å². The summed E-state index contributed by atoms with van der Waals surface area (Å²) in [5.74, 6) is 0.128. The molecule has 0 radical (unpaired) electrons. The van der Waals surface area contributed by atoms with Crippen LogP contribution in [-0.2, 0) is 7.05 Å². The molecule has 3 heterocycles. The molecule has 6 nitrogen and oxygen atoms in total. The molecule has 29 heavy (non-hydrogen) atoms. The number of nitrogens with zero attached hydrogens (tertiary/aromatic N) is 4. The van der Waals surface area contributed by atoms with E-state index in [1.165, 1.54) is 0 Å². The molecule has 0 bridgehead atoms. The van der Waals surface area contributed by atoms with Gasteiger partial charge >= 0.3 is 0 Å². The van der Waals surface area contributed by atoms with Crippen molar-refractivity contribution in [1.82, 2.24) is 24.7 Å². The van der Waals surface area contributed by atoms with Gasteiger partial charge in [0.15, 0.2) is 5.65 Å². The van der Waals surface area contributed by atoms with E-state index in [1.54, 1.807) is 29.2 Å². The molecular weight excluding hydrogens is 369 g/mol. The molecule has 5 rings (SSSR count). The number of aromatic amines is 1. The molecule has 3 aromatic heterocycles. The van der Waals surface area contributed by atoms with Crippen molar-refractivity contribution in [3.63, 3.8) is 0 Å². The van der Waals surface area contributed by atoms with E-state index in [2.05, 4.69) is 20.1 Å². The van der Waals surface area contributed by atoms with Gasteiger partial charge in [0, 0.05) is 29.8 Å². The molecule has 0 atom stereocenters. The van der Waals surface area contributed by atoms with Crippen LogP contribution < -0.4 is 5.56 Å². The first-order valence-electron chi connectivity index (χ1n) is 9.98. The summed E-state index contributed by atoms with van der Waals surface area (Å²) in [6.07, 6.45) is 6.83. The third-order valence-electron chi connectivity index (χ3n) is 6.20. The lowest BCUT2D eigenvalue weighted by molar-refractivity contribution is 0.388. The molecule has 1 aromatic carbocycles. The van der Waals surface area contributed by atoms with Gasteiger partial charge in [0.05, 0.1) is 17.4 Å². The highest BCUT2D eigenvalue weighted by atomic mass is 19.1. The fraction of sp³-hybridized carbons (Fsp3) is 0.364. The molecule has 0 unspecified atom stereocenters. The molecular formula is C22H22FN5O. The van der Waals surface area contributed by atoms with E-state index in [0.29, 0.717) is 11.2 Å². The normalized spacial score (nSPS) is 19.8. The summed E-state index contributed by atoms with van der Waals surface area (Å²) in [6.45, 7) is 1.85. The summed E-state index contributed by atoms with van der Waals surface area (Å²) in [4.78, 5) is 24.3. The standard InChI is InChI=1S/C22H22FN5O/c1-12-10-24-18-9-15(22(29)27-21(18)26-12)13-3-5-14(6-4-13)20-16-11-25-28(2)19(16)8-7-17(20)23/h7-11,13-14H,3-6H2,1-2H3,(H,26,27,29). The number of aryl methyl sites for hydroxylation is 2. The van der Waals surface area contributed by atoms with E-state index in [1.807, 2.05) is 20.0 Å². The Balaban J connectivity index is 1.43. The molecule has 4 aromatic rings. The van der Waals surface area contributed by atoms with Crippen molar-refractivity contribution in [3.8, 4) is 0 Å². The van der Waals surface area contributed by atoms with Gasteiger partial charge in [-0.25, -0.2) is 9.37 Å². The van der Waals surface area contributed by atoms with Gasteiger partial charge in [-0.3, -0.25) is 14.5 Å². The van der Waals surface area contributed by atoms with E-state index in [4.69, 9.17) is 0 Å². The highest BCUT2D eigenvalue weighted by Crippen LogP contribution is 2.42. The Morgan fingerprint density at radius 1 is 1.14 bits per heavy atom. The SMILES string of the molecule is Cc1cnc2cc(C3CCC(c4c(F)ccc5c4cnn5C)CC3)c(=O)[nH]c2n1. The van der Waals surface area contributed by atoms with Gasteiger partial charge < -0.3 is 4.98 Å². The zero-order valence-electron chi connectivity index (χ0n) is 16.4. The average molecular weight is 391 g/mol. The van der Waals surface area contributed by atoms with Crippen molar-refractivity contribution in [2.45, 2.75) is 44.4 Å². The molecule has 0 saturated heterocycles. The monoisotopic (exact) mass is 391 g/mol. The van der Waals surface area contributed by atoms with E-state index >= 15 is 0 Å². The third-order valence-corrected chi connectivity index (χ3v) is 6.20. The number of pyridine rings is 1. The van der Waals surface area contributed by atoms with Crippen molar-refractivity contribution < 1.29 is 4.39 Å². The largest absolute Gasteiger partial charge is 0.305 e. The summed E-state index contributed by atoms with van der Waals surface area (Å²) in [7, 11) is 1.87. The average Bonchev–Trinajstić information content (AvgIpc) is 3.08. The maximum Gasteiger partial charge on any atom is 0.253 e. The molecule has 0 aliphatic heterocycles. The summed E-state index contributed by atoms with van der Waals surface area (Å²) in [6, 6.07) is 5.19. The van der Waals surface area contributed by atoms with E-state index in [-0.39, 0.29) is 23.2 Å². The highest BCUT2D eigenvalue weighted by Gasteiger charge is 2.28. The van der Waals surface area contributed by atoms with Crippen molar-refractivity contribution in [3.05, 3.63) is 63.6 Å². The number of H-pyrrole nitrogens is 1. The van der Waals surface area contributed by atoms with Crippen LogP contribution in [0, 0.1) is 12.7 Å². The summed E-state index contributed by atoms with van der Waals surface area (Å²) < 4.78 is 16.5. The highest BCUT2D eigenvalue weighted by molar-refractivity contribution is 5.83. The predicted octanol–water partition coefficient (Wildman–Crippen LogP) is 4.09. The Morgan fingerprint density at radius 3 is 2.69 bits per heavy atom. The van der Waals surface area contributed by atoms with Gasteiger partial charge in [-0.2, -0.15) is 5.10 Å². The Labute approximate surface area is 166 Å². The molecule has 7 heteroatoms. The molecule has 0 amide bonds. The van der Waals surface area contributed by atoms with Gasteiger partial charge in [0.1, 0.15) is 11.3 Å². The number of halogens is 1. The Hall–Kier alpha value is -3.09. The molecule has 1 fully saturated rings. The fourth-order valence-corrected chi connectivity index (χ4v) is 4.71. The van der Waals surface area contributed by atoms with Crippen LogP contribution in [0.5, 0.6) is 0 Å².